The van der Waals surface area contributed by atoms with Crippen LogP contribution in [-0.2, 0) is 25.3 Å². The van der Waals surface area contributed by atoms with E-state index in [2.05, 4.69) is 21.7 Å². The lowest BCUT2D eigenvalue weighted by atomic mass is 9.99. The summed E-state index contributed by atoms with van der Waals surface area (Å²) in [7, 11) is 4.67. The topological polar surface area (TPSA) is 133 Å². The summed E-state index contributed by atoms with van der Waals surface area (Å²) in [6.07, 6.45) is 1.86. The number of aliphatic hydroxyl groups is 1. The van der Waals surface area contributed by atoms with Crippen LogP contribution in [0.1, 0.15) is 35.7 Å². The van der Waals surface area contributed by atoms with Crippen molar-refractivity contribution in [2.45, 2.75) is 44.4 Å². The van der Waals surface area contributed by atoms with Gasteiger partial charge in [0.1, 0.15) is 11.2 Å². The van der Waals surface area contributed by atoms with Crippen molar-refractivity contribution in [3.63, 3.8) is 0 Å². The summed E-state index contributed by atoms with van der Waals surface area (Å²) in [5.41, 5.74) is 5.61. The van der Waals surface area contributed by atoms with Crippen molar-refractivity contribution in [1.82, 2.24) is 24.4 Å². The molecule has 0 radical (unpaired) electrons. The van der Waals surface area contributed by atoms with Gasteiger partial charge in [0.25, 0.3) is 5.56 Å². The number of anilines is 2. The van der Waals surface area contributed by atoms with Crippen molar-refractivity contribution in [3.8, 4) is 28.3 Å². The van der Waals surface area contributed by atoms with Crippen LogP contribution in [0, 0.1) is 6.92 Å². The maximum atomic E-state index is 13.2. The zero-order chi connectivity index (χ0) is 34.6. The number of methoxy groups -OCH3 is 1. The molecule has 3 N–H and O–H groups in total. The highest BCUT2D eigenvalue weighted by atomic mass is 35.5. The van der Waals surface area contributed by atoms with E-state index in [9.17, 15) is 14.7 Å². The number of ether oxygens (including phenoxy) is 2. The van der Waals surface area contributed by atoms with Crippen LogP contribution >= 0.6 is 23.2 Å². The average molecular weight is 704 g/mol. The Bertz CT molecular complexity index is 2240. The number of benzene rings is 2. The van der Waals surface area contributed by atoms with E-state index < -0.39 is 17.4 Å². The van der Waals surface area contributed by atoms with Crippen LogP contribution in [0.3, 0.4) is 0 Å². The molecule has 4 heterocycles. The number of nitrogens with zero attached hydrogens (tertiary/aromatic N) is 4. The molecule has 5 aromatic rings. The lowest BCUT2D eigenvalue weighted by Crippen LogP contribution is -2.47. The second-order valence-electron chi connectivity index (χ2n) is 12.6. The molecule has 2 aromatic carbocycles. The van der Waals surface area contributed by atoms with Crippen LogP contribution in [-0.4, -0.2) is 56.7 Å². The minimum atomic E-state index is -0.562. The Morgan fingerprint density at radius 3 is 2.47 bits per heavy atom. The molecule has 0 unspecified atom stereocenters. The van der Waals surface area contributed by atoms with Gasteiger partial charge in [0.15, 0.2) is 0 Å². The number of halogens is 2. The number of aryl methyl sites for hydroxylation is 3. The van der Waals surface area contributed by atoms with Crippen molar-refractivity contribution in [1.29, 1.82) is 0 Å². The smallest absolute Gasteiger partial charge is 0.330 e. The van der Waals surface area contributed by atoms with Gasteiger partial charge >= 0.3 is 5.69 Å². The molecule has 0 amide bonds. The number of nitrogens with one attached hydrogen (secondary N) is 2. The number of aromatic nitrogens is 4. The van der Waals surface area contributed by atoms with E-state index in [0.717, 1.165) is 40.5 Å². The molecule has 13 heteroatoms. The van der Waals surface area contributed by atoms with Gasteiger partial charge in [-0.25, -0.2) is 14.8 Å². The standard InChI is InChI=1S/C36H36Cl2N6O5/c1-18-15-27-30(35(46)44(3)36(47)43(27)2)33(39-18)41-25-10-6-8-21(32(25)38)20-7-5-9-22(31(20)37)26-16-19-11-12-24(29(19)34(42-26)48-4)40-23-13-14-49-17-28(23)45/h5-10,15-16,23-24,28,40,45H,11-14,17H2,1-4H3,(H,39,41)/t23-,24-,28+/m0/s1. The van der Waals surface area contributed by atoms with E-state index in [4.69, 9.17) is 37.7 Å². The summed E-state index contributed by atoms with van der Waals surface area (Å²) >= 11 is 14.2. The third-order valence-corrected chi connectivity index (χ3v) is 10.3. The molecule has 0 saturated carbocycles. The highest BCUT2D eigenvalue weighted by molar-refractivity contribution is 6.39. The van der Waals surface area contributed by atoms with Crippen LogP contribution in [0.15, 0.2) is 58.1 Å². The minimum absolute atomic E-state index is 0.00480. The first-order chi connectivity index (χ1) is 23.6. The molecule has 2 aliphatic rings. The Hall–Kier alpha value is -4.26. The Kier molecular flexibility index (Phi) is 8.97. The van der Waals surface area contributed by atoms with E-state index in [1.807, 2.05) is 30.3 Å². The predicted octanol–water partition coefficient (Wildman–Crippen LogP) is 5.46. The third kappa shape index (κ3) is 5.89. The van der Waals surface area contributed by atoms with Gasteiger partial charge in [-0.3, -0.25) is 13.9 Å². The Labute approximate surface area is 292 Å². The van der Waals surface area contributed by atoms with Crippen molar-refractivity contribution >= 4 is 45.6 Å². The molecule has 1 fully saturated rings. The van der Waals surface area contributed by atoms with Gasteiger partial charge in [0.2, 0.25) is 5.88 Å². The molecule has 254 valence electrons. The Morgan fingerprint density at radius 2 is 1.71 bits per heavy atom. The van der Waals surface area contributed by atoms with Crippen molar-refractivity contribution in [3.05, 3.63) is 96.2 Å². The summed E-state index contributed by atoms with van der Waals surface area (Å²) in [6, 6.07) is 15.0. The highest BCUT2D eigenvalue weighted by Crippen LogP contribution is 2.44. The summed E-state index contributed by atoms with van der Waals surface area (Å²) in [4.78, 5) is 35.4. The predicted molar refractivity (Wildman–Crippen MR) is 191 cm³/mol. The van der Waals surface area contributed by atoms with Crippen LogP contribution < -0.4 is 26.6 Å². The van der Waals surface area contributed by atoms with Gasteiger partial charge < -0.3 is 25.2 Å². The fraction of sp³-hybridized carbons (Fsp3) is 0.333. The first-order valence-electron chi connectivity index (χ1n) is 16.1. The maximum absolute atomic E-state index is 13.2. The highest BCUT2D eigenvalue weighted by Gasteiger charge is 2.33. The van der Waals surface area contributed by atoms with Gasteiger partial charge in [0.05, 0.1) is 46.8 Å². The summed E-state index contributed by atoms with van der Waals surface area (Å²) in [5.74, 6) is 0.815. The number of pyridine rings is 2. The lowest BCUT2D eigenvalue weighted by Gasteiger charge is -2.31. The summed E-state index contributed by atoms with van der Waals surface area (Å²) in [6.45, 7) is 2.73. The molecule has 1 aliphatic heterocycles. The first kappa shape index (κ1) is 33.2. The van der Waals surface area contributed by atoms with E-state index in [1.54, 1.807) is 33.2 Å². The third-order valence-electron chi connectivity index (χ3n) is 9.49. The summed E-state index contributed by atoms with van der Waals surface area (Å²) in [5, 5.41) is 18.5. The SMILES string of the molecule is COc1nc(-c2cccc(-c3cccc(Nc4nc(C)cc5c4c(=O)n(C)c(=O)n5C)c3Cl)c2Cl)cc2c1[C@@H](N[C@H]1CCOC[C@H]1O)CC2. The van der Waals surface area contributed by atoms with Gasteiger partial charge in [-0.1, -0.05) is 53.5 Å². The monoisotopic (exact) mass is 702 g/mol. The number of fused-ring (bicyclic) bond motifs is 2. The molecule has 1 aliphatic carbocycles. The van der Waals surface area contributed by atoms with E-state index in [-0.39, 0.29) is 17.5 Å². The van der Waals surface area contributed by atoms with Crippen LogP contribution in [0.4, 0.5) is 11.5 Å². The van der Waals surface area contributed by atoms with Crippen molar-refractivity contribution in [2.24, 2.45) is 14.1 Å². The zero-order valence-electron chi connectivity index (χ0n) is 27.5. The lowest BCUT2D eigenvalue weighted by molar-refractivity contribution is -0.0304. The maximum Gasteiger partial charge on any atom is 0.330 e. The number of rotatable bonds is 7. The molecular formula is C36H36Cl2N6O5. The second kappa shape index (κ2) is 13.2. The van der Waals surface area contributed by atoms with Crippen molar-refractivity contribution in [2.75, 3.05) is 25.6 Å². The molecule has 3 atom stereocenters. The molecule has 1 saturated heterocycles. The van der Waals surface area contributed by atoms with E-state index in [0.29, 0.717) is 68.7 Å². The minimum Gasteiger partial charge on any atom is -0.481 e. The first-order valence-corrected chi connectivity index (χ1v) is 16.8. The van der Waals surface area contributed by atoms with E-state index >= 15 is 0 Å². The van der Waals surface area contributed by atoms with Gasteiger partial charge in [-0.15, -0.1) is 0 Å². The fourth-order valence-electron chi connectivity index (χ4n) is 6.95. The van der Waals surface area contributed by atoms with Gasteiger partial charge in [-0.2, -0.15) is 0 Å². The molecule has 7 rings (SSSR count). The molecule has 3 aromatic heterocycles. The molecule has 0 bridgehead atoms. The van der Waals surface area contributed by atoms with Gasteiger partial charge in [-0.05, 0) is 49.9 Å². The number of aliphatic hydroxyl groups excluding tert-OH is 1. The zero-order valence-corrected chi connectivity index (χ0v) is 29.0. The quantitative estimate of drug-likeness (QED) is 0.202. The van der Waals surface area contributed by atoms with Crippen LogP contribution in [0.5, 0.6) is 5.88 Å². The second-order valence-corrected chi connectivity index (χ2v) is 13.3. The van der Waals surface area contributed by atoms with Crippen molar-refractivity contribution < 1.29 is 14.6 Å². The number of hydrogen-bond donors (Lipinski definition) is 3. The van der Waals surface area contributed by atoms with Crippen LogP contribution in [0.25, 0.3) is 33.3 Å². The molecular weight excluding hydrogens is 667 g/mol. The summed E-state index contributed by atoms with van der Waals surface area (Å²) < 4.78 is 13.7. The fourth-order valence-corrected chi connectivity index (χ4v) is 7.55. The molecule has 0 spiro atoms. The van der Waals surface area contributed by atoms with Crippen LogP contribution in [0.2, 0.25) is 10.0 Å². The Morgan fingerprint density at radius 1 is 0.980 bits per heavy atom. The average Bonchev–Trinajstić information content (AvgIpc) is 3.50. The number of hydrogen-bond acceptors (Lipinski definition) is 9. The molecule has 11 nitrogen and oxygen atoms in total. The normalized spacial score (nSPS) is 18.9. The Balaban J connectivity index is 1.25. The van der Waals surface area contributed by atoms with E-state index in [1.165, 1.54) is 11.6 Å². The molecule has 49 heavy (non-hydrogen) atoms. The largest absolute Gasteiger partial charge is 0.481 e. The van der Waals surface area contributed by atoms with Gasteiger partial charge in [0, 0.05) is 60.7 Å².